The molecule has 6 nitrogen and oxygen atoms in total. The average molecular weight is 309 g/mol. The van der Waals surface area contributed by atoms with Crippen LogP contribution < -0.4 is 19.7 Å². The second-order valence-electron chi connectivity index (χ2n) is 4.78. The number of halogens is 1. The maximum Gasteiger partial charge on any atom is 0.224 e. The fourth-order valence-corrected chi connectivity index (χ4v) is 2.70. The van der Waals surface area contributed by atoms with E-state index in [1.165, 1.54) is 0 Å². The number of methoxy groups -OCH3 is 2. The van der Waals surface area contributed by atoms with Crippen LogP contribution in [0.25, 0.3) is 10.9 Å². The lowest BCUT2D eigenvalue weighted by Crippen LogP contribution is -2.44. The van der Waals surface area contributed by atoms with Crippen LogP contribution in [0.5, 0.6) is 11.5 Å². The quantitative estimate of drug-likeness (QED) is 0.871. The van der Waals surface area contributed by atoms with Crippen molar-refractivity contribution < 1.29 is 9.47 Å². The number of hydrogen-bond acceptors (Lipinski definition) is 6. The van der Waals surface area contributed by atoms with Gasteiger partial charge in [0.25, 0.3) is 0 Å². The number of nitrogens with one attached hydrogen (secondary N) is 1. The number of anilines is 1. The predicted molar refractivity (Wildman–Crippen MR) is 82.7 cm³/mol. The first-order valence-electron chi connectivity index (χ1n) is 6.78. The van der Waals surface area contributed by atoms with Crippen LogP contribution >= 0.6 is 11.6 Å². The number of aromatic nitrogens is 2. The summed E-state index contributed by atoms with van der Waals surface area (Å²) >= 11 is 6.08. The minimum Gasteiger partial charge on any atom is -0.493 e. The van der Waals surface area contributed by atoms with E-state index in [1.54, 1.807) is 14.2 Å². The average Bonchev–Trinajstić information content (AvgIpc) is 2.53. The van der Waals surface area contributed by atoms with Gasteiger partial charge in [0.1, 0.15) is 5.82 Å². The highest BCUT2D eigenvalue weighted by Crippen LogP contribution is 2.35. The Morgan fingerprint density at radius 3 is 2.43 bits per heavy atom. The number of rotatable bonds is 3. The smallest absolute Gasteiger partial charge is 0.224 e. The normalized spacial score (nSPS) is 15.3. The van der Waals surface area contributed by atoms with Gasteiger partial charge in [0.15, 0.2) is 11.5 Å². The monoisotopic (exact) mass is 308 g/mol. The number of piperazine rings is 1. The van der Waals surface area contributed by atoms with Gasteiger partial charge in [0.2, 0.25) is 5.28 Å². The van der Waals surface area contributed by atoms with Gasteiger partial charge in [0.05, 0.1) is 19.7 Å². The molecule has 0 aliphatic carbocycles. The molecule has 2 aromatic rings. The van der Waals surface area contributed by atoms with Gasteiger partial charge >= 0.3 is 0 Å². The Labute approximate surface area is 128 Å². The van der Waals surface area contributed by atoms with Crippen molar-refractivity contribution in [3.05, 3.63) is 17.4 Å². The van der Waals surface area contributed by atoms with Crippen LogP contribution in [-0.2, 0) is 0 Å². The lowest BCUT2D eigenvalue weighted by Gasteiger charge is -2.29. The van der Waals surface area contributed by atoms with Crippen LogP contribution in [0.4, 0.5) is 5.82 Å². The zero-order valence-electron chi connectivity index (χ0n) is 12.0. The number of nitrogens with zero attached hydrogens (tertiary/aromatic N) is 3. The largest absolute Gasteiger partial charge is 0.493 e. The van der Waals surface area contributed by atoms with E-state index >= 15 is 0 Å². The van der Waals surface area contributed by atoms with E-state index in [0.717, 1.165) is 42.9 Å². The Kier molecular flexibility index (Phi) is 3.98. The van der Waals surface area contributed by atoms with Gasteiger partial charge in [-0.15, -0.1) is 0 Å². The van der Waals surface area contributed by atoms with Crippen molar-refractivity contribution in [2.45, 2.75) is 0 Å². The maximum atomic E-state index is 6.08. The van der Waals surface area contributed by atoms with E-state index in [4.69, 9.17) is 21.1 Å². The zero-order chi connectivity index (χ0) is 14.8. The standard InChI is InChI=1S/C14H17ClN4O2/c1-20-11-7-9-10(8-12(11)21-2)17-14(15)18-13(9)19-5-3-16-4-6-19/h7-8,16H,3-6H2,1-2H3. The highest BCUT2D eigenvalue weighted by Gasteiger charge is 2.18. The van der Waals surface area contributed by atoms with Crippen LogP contribution in [0.15, 0.2) is 12.1 Å². The van der Waals surface area contributed by atoms with Gasteiger partial charge in [-0.2, -0.15) is 4.98 Å². The first kappa shape index (κ1) is 14.2. The van der Waals surface area contributed by atoms with Gasteiger partial charge in [-0.25, -0.2) is 4.98 Å². The van der Waals surface area contributed by atoms with Crippen LogP contribution in [0.1, 0.15) is 0 Å². The molecule has 0 saturated carbocycles. The zero-order valence-corrected chi connectivity index (χ0v) is 12.8. The number of benzene rings is 1. The van der Waals surface area contributed by atoms with Crippen LogP contribution in [0.3, 0.4) is 0 Å². The minimum absolute atomic E-state index is 0.239. The number of fused-ring (bicyclic) bond motifs is 1. The SMILES string of the molecule is COc1cc2nc(Cl)nc(N3CCNCC3)c2cc1OC. The molecule has 21 heavy (non-hydrogen) atoms. The lowest BCUT2D eigenvalue weighted by molar-refractivity contribution is 0.356. The first-order valence-corrected chi connectivity index (χ1v) is 7.15. The van der Waals surface area contributed by atoms with E-state index in [-0.39, 0.29) is 5.28 Å². The molecule has 0 radical (unpaired) electrons. The summed E-state index contributed by atoms with van der Waals surface area (Å²) in [7, 11) is 3.22. The molecule has 1 aromatic heterocycles. The second kappa shape index (κ2) is 5.91. The molecule has 1 saturated heterocycles. The van der Waals surface area contributed by atoms with E-state index in [0.29, 0.717) is 11.5 Å². The minimum atomic E-state index is 0.239. The Balaban J connectivity index is 2.18. The summed E-state index contributed by atoms with van der Waals surface area (Å²) in [5.41, 5.74) is 0.751. The van der Waals surface area contributed by atoms with Crippen molar-refractivity contribution in [3.8, 4) is 11.5 Å². The molecule has 3 rings (SSSR count). The summed E-state index contributed by atoms with van der Waals surface area (Å²) in [5.74, 6) is 2.13. The fourth-order valence-electron chi connectivity index (χ4n) is 2.53. The predicted octanol–water partition coefficient (Wildman–Crippen LogP) is 1.71. The molecular formula is C14H17ClN4O2. The Bertz CT molecular complexity index is 659. The molecule has 7 heteroatoms. The van der Waals surface area contributed by atoms with Gasteiger partial charge in [0, 0.05) is 37.6 Å². The lowest BCUT2D eigenvalue weighted by atomic mass is 10.2. The number of hydrogen-bond donors (Lipinski definition) is 1. The molecule has 1 aliphatic heterocycles. The molecule has 1 aliphatic rings. The van der Waals surface area contributed by atoms with Crippen molar-refractivity contribution in [2.75, 3.05) is 45.3 Å². The third-order valence-corrected chi connectivity index (χ3v) is 3.74. The van der Waals surface area contributed by atoms with E-state index in [1.807, 2.05) is 12.1 Å². The number of ether oxygens (including phenoxy) is 2. The molecule has 0 unspecified atom stereocenters. The highest BCUT2D eigenvalue weighted by atomic mass is 35.5. The van der Waals surface area contributed by atoms with Crippen molar-refractivity contribution in [3.63, 3.8) is 0 Å². The Morgan fingerprint density at radius 1 is 1.10 bits per heavy atom. The van der Waals surface area contributed by atoms with Gasteiger partial charge < -0.3 is 19.7 Å². The third-order valence-electron chi connectivity index (χ3n) is 3.57. The second-order valence-corrected chi connectivity index (χ2v) is 5.12. The van der Waals surface area contributed by atoms with E-state index in [2.05, 4.69) is 20.2 Å². The van der Waals surface area contributed by atoms with Gasteiger partial charge in [-0.05, 0) is 17.7 Å². The summed E-state index contributed by atoms with van der Waals surface area (Å²) < 4.78 is 10.7. The van der Waals surface area contributed by atoms with Crippen LogP contribution in [0, 0.1) is 0 Å². The topological polar surface area (TPSA) is 59.5 Å². The van der Waals surface area contributed by atoms with Crippen LogP contribution in [0.2, 0.25) is 5.28 Å². The maximum absolute atomic E-state index is 6.08. The van der Waals surface area contributed by atoms with E-state index < -0.39 is 0 Å². The highest BCUT2D eigenvalue weighted by molar-refractivity contribution is 6.28. The van der Waals surface area contributed by atoms with Crippen molar-refractivity contribution >= 4 is 28.3 Å². The molecule has 0 amide bonds. The summed E-state index contributed by atoms with van der Waals surface area (Å²) in [6.45, 7) is 3.63. The summed E-state index contributed by atoms with van der Waals surface area (Å²) in [5, 5.41) is 4.48. The molecule has 1 fully saturated rings. The summed E-state index contributed by atoms with van der Waals surface area (Å²) in [4.78, 5) is 10.9. The molecule has 0 bridgehead atoms. The Hall–Kier alpha value is -1.79. The summed E-state index contributed by atoms with van der Waals surface area (Å²) in [6.07, 6.45) is 0. The van der Waals surface area contributed by atoms with Crippen molar-refractivity contribution in [2.24, 2.45) is 0 Å². The molecule has 1 aromatic carbocycles. The molecule has 1 N–H and O–H groups in total. The van der Waals surface area contributed by atoms with Gasteiger partial charge in [-0.3, -0.25) is 0 Å². The van der Waals surface area contributed by atoms with Crippen molar-refractivity contribution in [1.29, 1.82) is 0 Å². The van der Waals surface area contributed by atoms with Crippen molar-refractivity contribution in [1.82, 2.24) is 15.3 Å². The first-order chi connectivity index (χ1) is 10.2. The third kappa shape index (κ3) is 2.69. The molecular weight excluding hydrogens is 292 g/mol. The molecule has 0 atom stereocenters. The van der Waals surface area contributed by atoms with Gasteiger partial charge in [-0.1, -0.05) is 0 Å². The fraction of sp³-hybridized carbons (Fsp3) is 0.429. The summed E-state index contributed by atoms with van der Waals surface area (Å²) in [6, 6.07) is 3.73. The Morgan fingerprint density at radius 2 is 1.76 bits per heavy atom. The molecule has 0 spiro atoms. The van der Waals surface area contributed by atoms with E-state index in [9.17, 15) is 0 Å². The molecule has 112 valence electrons. The van der Waals surface area contributed by atoms with Crippen LogP contribution in [-0.4, -0.2) is 50.4 Å². The molecule has 2 heterocycles.